The lowest BCUT2D eigenvalue weighted by atomic mass is 10.1. The lowest BCUT2D eigenvalue weighted by molar-refractivity contribution is 0.911. The third-order valence-electron chi connectivity index (χ3n) is 2.93. The number of nitrogens with zero attached hydrogens (tertiary/aromatic N) is 1. The number of para-hydroxylation sites is 1. The molecule has 0 aliphatic rings. The second-order valence-corrected chi connectivity index (χ2v) is 6.32. The molecule has 3 rings (SSSR count). The molecule has 1 unspecified atom stereocenters. The molecule has 0 saturated carbocycles. The van der Waals surface area contributed by atoms with Crippen molar-refractivity contribution in [2.24, 2.45) is 0 Å². The van der Waals surface area contributed by atoms with E-state index in [1.54, 1.807) is 11.3 Å². The second-order valence-electron chi connectivity index (χ2n) is 4.27. The van der Waals surface area contributed by atoms with E-state index in [1.807, 2.05) is 42.5 Å². The molecular formula is C15H11Cl2NS. The van der Waals surface area contributed by atoms with Gasteiger partial charge in [-0.2, -0.15) is 0 Å². The minimum absolute atomic E-state index is 0.144. The summed E-state index contributed by atoms with van der Waals surface area (Å²) in [5, 5.41) is 1.61. The molecule has 0 amide bonds. The smallest absolute Gasteiger partial charge is 0.0956 e. The van der Waals surface area contributed by atoms with E-state index >= 15 is 0 Å². The van der Waals surface area contributed by atoms with Gasteiger partial charge in [0.05, 0.1) is 20.6 Å². The summed E-state index contributed by atoms with van der Waals surface area (Å²) in [5.41, 5.74) is 2.00. The largest absolute Gasteiger partial charge is 0.241 e. The highest BCUT2D eigenvalue weighted by Crippen LogP contribution is 2.32. The van der Waals surface area contributed by atoms with Crippen LogP contribution in [0.2, 0.25) is 5.02 Å². The number of thiazole rings is 1. The van der Waals surface area contributed by atoms with Gasteiger partial charge >= 0.3 is 0 Å². The van der Waals surface area contributed by atoms with Gasteiger partial charge in [-0.15, -0.1) is 22.9 Å². The summed E-state index contributed by atoms with van der Waals surface area (Å²) in [6.45, 7) is 0. The van der Waals surface area contributed by atoms with Crippen LogP contribution in [0.15, 0.2) is 48.5 Å². The Morgan fingerprint density at radius 3 is 2.58 bits per heavy atom. The molecule has 3 aromatic rings. The van der Waals surface area contributed by atoms with Crippen LogP contribution in [0.3, 0.4) is 0 Å². The van der Waals surface area contributed by atoms with E-state index in [1.165, 1.54) is 4.70 Å². The number of halogens is 2. The van der Waals surface area contributed by atoms with Gasteiger partial charge in [-0.1, -0.05) is 41.9 Å². The maximum absolute atomic E-state index is 6.46. The molecule has 0 aliphatic heterocycles. The molecular weight excluding hydrogens is 297 g/mol. The summed E-state index contributed by atoms with van der Waals surface area (Å²) in [6, 6.07) is 15.8. The van der Waals surface area contributed by atoms with Crippen molar-refractivity contribution in [2.45, 2.75) is 11.8 Å². The Bertz CT molecular complexity index is 675. The average Bonchev–Trinajstić information content (AvgIpc) is 2.81. The maximum atomic E-state index is 6.46. The van der Waals surface area contributed by atoms with Crippen LogP contribution >= 0.6 is 34.5 Å². The van der Waals surface area contributed by atoms with E-state index in [0.717, 1.165) is 16.1 Å². The summed E-state index contributed by atoms with van der Waals surface area (Å²) < 4.78 is 1.19. The summed E-state index contributed by atoms with van der Waals surface area (Å²) in [7, 11) is 0. The van der Waals surface area contributed by atoms with Crippen LogP contribution in [0, 0.1) is 0 Å². The van der Waals surface area contributed by atoms with Crippen molar-refractivity contribution in [1.82, 2.24) is 4.98 Å². The van der Waals surface area contributed by atoms with Gasteiger partial charge in [0.15, 0.2) is 0 Å². The molecule has 1 nitrogen and oxygen atoms in total. The fraction of sp³-hybridized carbons (Fsp3) is 0.133. The average molecular weight is 308 g/mol. The fourth-order valence-electron chi connectivity index (χ4n) is 2.00. The number of hydrogen-bond donors (Lipinski definition) is 0. The molecule has 0 N–H and O–H groups in total. The number of fused-ring (bicyclic) bond motifs is 1. The molecule has 96 valence electrons. The van der Waals surface area contributed by atoms with Crippen LogP contribution in [0.25, 0.3) is 10.2 Å². The van der Waals surface area contributed by atoms with E-state index in [2.05, 4.69) is 11.1 Å². The summed E-state index contributed by atoms with van der Waals surface area (Å²) in [5.74, 6) is 0. The first kappa shape index (κ1) is 12.9. The van der Waals surface area contributed by atoms with Crippen molar-refractivity contribution in [2.75, 3.05) is 0 Å². The van der Waals surface area contributed by atoms with Gasteiger partial charge < -0.3 is 0 Å². The normalized spacial score (nSPS) is 12.7. The van der Waals surface area contributed by atoms with E-state index in [9.17, 15) is 0 Å². The van der Waals surface area contributed by atoms with Crippen molar-refractivity contribution in [3.8, 4) is 0 Å². The van der Waals surface area contributed by atoms with Crippen molar-refractivity contribution in [1.29, 1.82) is 0 Å². The Morgan fingerprint density at radius 2 is 1.79 bits per heavy atom. The van der Waals surface area contributed by atoms with Gasteiger partial charge in [0.2, 0.25) is 0 Å². The number of alkyl halides is 1. The first-order valence-corrected chi connectivity index (χ1v) is 7.60. The third-order valence-corrected chi connectivity index (χ3v) is 4.73. The van der Waals surface area contributed by atoms with Crippen molar-refractivity contribution in [3.63, 3.8) is 0 Å². The number of rotatable bonds is 3. The fourth-order valence-corrected chi connectivity index (χ4v) is 3.76. The van der Waals surface area contributed by atoms with Crippen LogP contribution in [-0.2, 0) is 6.42 Å². The SMILES string of the molecule is Clc1ccccc1C(Cl)Cc1nc2ccccc2s1. The topological polar surface area (TPSA) is 12.9 Å². The number of hydrogen-bond acceptors (Lipinski definition) is 2. The van der Waals surface area contributed by atoms with Gasteiger partial charge in [-0.3, -0.25) is 0 Å². The molecule has 0 fully saturated rings. The molecule has 19 heavy (non-hydrogen) atoms. The standard InChI is InChI=1S/C15H11Cl2NS/c16-11-6-2-1-5-10(11)12(17)9-15-18-13-7-3-4-8-14(13)19-15/h1-8,12H,9H2. The van der Waals surface area contributed by atoms with Crippen molar-refractivity contribution in [3.05, 3.63) is 64.1 Å². The van der Waals surface area contributed by atoms with Gasteiger partial charge in [-0.25, -0.2) is 4.98 Å². The zero-order valence-corrected chi connectivity index (χ0v) is 12.3. The maximum Gasteiger partial charge on any atom is 0.0956 e. The third kappa shape index (κ3) is 2.76. The van der Waals surface area contributed by atoms with E-state index in [4.69, 9.17) is 23.2 Å². The quantitative estimate of drug-likeness (QED) is 0.584. The molecule has 0 aliphatic carbocycles. The van der Waals surface area contributed by atoms with Crippen LogP contribution < -0.4 is 0 Å². The van der Waals surface area contributed by atoms with Crippen LogP contribution in [-0.4, -0.2) is 4.98 Å². The second kappa shape index (κ2) is 5.49. The highest BCUT2D eigenvalue weighted by atomic mass is 35.5. The number of aromatic nitrogens is 1. The summed E-state index contributed by atoms with van der Waals surface area (Å²) in [6.07, 6.45) is 0.699. The van der Waals surface area contributed by atoms with Crippen molar-refractivity contribution < 1.29 is 0 Å². The minimum Gasteiger partial charge on any atom is -0.241 e. The minimum atomic E-state index is -0.144. The van der Waals surface area contributed by atoms with Gasteiger partial charge in [0.25, 0.3) is 0 Å². The highest BCUT2D eigenvalue weighted by molar-refractivity contribution is 7.18. The molecule has 0 radical (unpaired) electrons. The molecule has 4 heteroatoms. The lowest BCUT2D eigenvalue weighted by Gasteiger charge is -2.09. The zero-order valence-electron chi connectivity index (χ0n) is 10.0. The van der Waals surface area contributed by atoms with Crippen LogP contribution in [0.5, 0.6) is 0 Å². The molecule has 1 heterocycles. The number of benzene rings is 2. The Labute approximate surface area is 125 Å². The molecule has 1 atom stereocenters. The Kier molecular flexibility index (Phi) is 3.74. The van der Waals surface area contributed by atoms with E-state index < -0.39 is 0 Å². The van der Waals surface area contributed by atoms with Crippen LogP contribution in [0.1, 0.15) is 15.9 Å². The summed E-state index contributed by atoms with van der Waals surface area (Å²) in [4.78, 5) is 4.60. The van der Waals surface area contributed by atoms with E-state index in [-0.39, 0.29) is 5.38 Å². The Balaban J connectivity index is 1.86. The zero-order chi connectivity index (χ0) is 13.2. The summed E-state index contributed by atoms with van der Waals surface area (Å²) >= 11 is 14.3. The molecule has 0 saturated heterocycles. The predicted molar refractivity (Wildman–Crippen MR) is 83.4 cm³/mol. The Hall–Kier alpha value is -1.09. The van der Waals surface area contributed by atoms with Gasteiger partial charge in [0.1, 0.15) is 0 Å². The molecule has 1 aromatic heterocycles. The van der Waals surface area contributed by atoms with Gasteiger partial charge in [0, 0.05) is 11.4 Å². The van der Waals surface area contributed by atoms with Gasteiger partial charge in [-0.05, 0) is 23.8 Å². The molecule has 0 bridgehead atoms. The first-order chi connectivity index (χ1) is 9.24. The predicted octanol–water partition coefficient (Wildman–Crippen LogP) is 5.47. The lowest BCUT2D eigenvalue weighted by Crippen LogP contribution is -1.96. The van der Waals surface area contributed by atoms with Crippen molar-refractivity contribution >= 4 is 44.8 Å². The first-order valence-electron chi connectivity index (χ1n) is 5.97. The Morgan fingerprint density at radius 1 is 1.05 bits per heavy atom. The van der Waals surface area contributed by atoms with E-state index in [0.29, 0.717) is 11.4 Å². The van der Waals surface area contributed by atoms with Crippen LogP contribution in [0.4, 0.5) is 0 Å². The highest BCUT2D eigenvalue weighted by Gasteiger charge is 2.14. The monoisotopic (exact) mass is 307 g/mol. The molecule has 0 spiro atoms. The molecule has 2 aromatic carbocycles.